The highest BCUT2D eigenvalue weighted by Crippen LogP contribution is 2.28. The summed E-state index contributed by atoms with van der Waals surface area (Å²) >= 11 is 0. The van der Waals surface area contributed by atoms with Gasteiger partial charge >= 0.3 is 0 Å². The van der Waals surface area contributed by atoms with Gasteiger partial charge in [0, 0.05) is 44.4 Å². The molecule has 1 heterocycles. The van der Waals surface area contributed by atoms with E-state index in [4.69, 9.17) is 4.74 Å². The van der Waals surface area contributed by atoms with Gasteiger partial charge in [-0.15, -0.1) is 0 Å². The average Bonchev–Trinajstić information content (AvgIpc) is 2.79. The number of amides is 2. The molecule has 0 radical (unpaired) electrons. The Hall–Kier alpha value is -2.91. The van der Waals surface area contributed by atoms with E-state index in [0.717, 1.165) is 4.31 Å². The lowest BCUT2D eigenvalue weighted by Crippen LogP contribution is -2.46. The molecule has 0 atom stereocenters. The number of carbonyl (C=O) groups excluding carboxylic acids is 2. The van der Waals surface area contributed by atoms with Crippen molar-refractivity contribution < 1.29 is 22.7 Å². The molecule has 0 aromatic heterocycles. The second-order valence-electron chi connectivity index (χ2n) is 7.56. The molecule has 0 aliphatic carbocycles. The quantitative estimate of drug-likeness (QED) is 0.734. The Morgan fingerprint density at radius 1 is 1.03 bits per heavy atom. The first kappa shape index (κ1) is 22.8. The summed E-state index contributed by atoms with van der Waals surface area (Å²) < 4.78 is 31.5. The smallest absolute Gasteiger partial charge is 0.253 e. The highest BCUT2D eigenvalue weighted by molar-refractivity contribution is 7.89. The van der Waals surface area contributed by atoms with Crippen LogP contribution in [0.15, 0.2) is 53.4 Å². The number of nitrogens with one attached hydrogen (secondary N) is 1. The highest BCUT2D eigenvalue weighted by Gasteiger charge is 2.28. The van der Waals surface area contributed by atoms with Gasteiger partial charge in [0.25, 0.3) is 11.8 Å². The molecule has 0 spiro atoms. The fourth-order valence-corrected chi connectivity index (χ4v) is 4.55. The third kappa shape index (κ3) is 5.05. The SMILES string of the molecule is COc1ccc(C(=O)N2CCC(NC(=O)c3ccccc3)CC2)cc1S(=O)(=O)N(C)C. The summed E-state index contributed by atoms with van der Waals surface area (Å²) in [5.74, 6) is -0.183. The summed E-state index contributed by atoms with van der Waals surface area (Å²) in [7, 11) is 0.481. The van der Waals surface area contributed by atoms with E-state index in [1.165, 1.54) is 33.3 Å². The molecule has 2 amide bonds. The summed E-state index contributed by atoms with van der Waals surface area (Å²) in [6.07, 6.45) is 1.26. The Kier molecular flexibility index (Phi) is 6.97. The van der Waals surface area contributed by atoms with Crippen LogP contribution in [0.25, 0.3) is 0 Å². The second-order valence-corrected chi connectivity index (χ2v) is 9.68. The van der Waals surface area contributed by atoms with E-state index in [2.05, 4.69) is 5.32 Å². The van der Waals surface area contributed by atoms with Crippen LogP contribution < -0.4 is 10.1 Å². The van der Waals surface area contributed by atoms with Crippen molar-refractivity contribution in [2.75, 3.05) is 34.3 Å². The van der Waals surface area contributed by atoms with Gasteiger partial charge in [-0.2, -0.15) is 0 Å². The van der Waals surface area contributed by atoms with Gasteiger partial charge in [0.2, 0.25) is 10.0 Å². The van der Waals surface area contributed by atoms with Gasteiger partial charge in [0.15, 0.2) is 0 Å². The van der Waals surface area contributed by atoms with Crippen molar-refractivity contribution in [3.8, 4) is 5.75 Å². The van der Waals surface area contributed by atoms with Gasteiger partial charge in [-0.3, -0.25) is 9.59 Å². The first-order chi connectivity index (χ1) is 14.7. The topological polar surface area (TPSA) is 96.0 Å². The molecule has 0 bridgehead atoms. The molecule has 1 aliphatic rings. The Balaban J connectivity index is 1.67. The van der Waals surface area contributed by atoms with Crippen molar-refractivity contribution in [3.05, 3.63) is 59.7 Å². The van der Waals surface area contributed by atoms with Crippen LogP contribution in [0.4, 0.5) is 0 Å². The summed E-state index contributed by atoms with van der Waals surface area (Å²) in [5.41, 5.74) is 0.891. The number of rotatable bonds is 6. The fraction of sp³-hybridized carbons (Fsp3) is 0.364. The summed E-state index contributed by atoms with van der Waals surface area (Å²) in [4.78, 5) is 27.0. The second kappa shape index (κ2) is 9.49. The number of hydrogen-bond donors (Lipinski definition) is 1. The van der Waals surface area contributed by atoms with Crippen molar-refractivity contribution in [2.24, 2.45) is 0 Å². The number of benzene rings is 2. The van der Waals surface area contributed by atoms with Crippen molar-refractivity contribution in [3.63, 3.8) is 0 Å². The Morgan fingerprint density at radius 2 is 1.68 bits per heavy atom. The normalized spacial score (nSPS) is 15.0. The Bertz CT molecular complexity index is 1050. The third-order valence-electron chi connectivity index (χ3n) is 5.32. The number of nitrogens with zero attached hydrogens (tertiary/aromatic N) is 2. The molecule has 2 aromatic rings. The van der Waals surface area contributed by atoms with Gasteiger partial charge in [-0.1, -0.05) is 18.2 Å². The maximum absolute atomic E-state index is 13.0. The number of carbonyl (C=O) groups is 2. The molecule has 1 saturated heterocycles. The van der Waals surface area contributed by atoms with Crippen molar-refractivity contribution >= 4 is 21.8 Å². The van der Waals surface area contributed by atoms with E-state index in [1.54, 1.807) is 23.1 Å². The molecule has 31 heavy (non-hydrogen) atoms. The number of piperidine rings is 1. The maximum atomic E-state index is 13.0. The highest BCUT2D eigenvalue weighted by atomic mass is 32.2. The number of likely N-dealkylation sites (tertiary alicyclic amines) is 1. The molecule has 166 valence electrons. The van der Waals surface area contributed by atoms with Crippen LogP contribution in [0.2, 0.25) is 0 Å². The summed E-state index contributed by atoms with van der Waals surface area (Å²) in [5, 5.41) is 3.01. The minimum Gasteiger partial charge on any atom is -0.495 e. The Labute approximate surface area is 182 Å². The number of sulfonamides is 1. The first-order valence-corrected chi connectivity index (χ1v) is 11.4. The van der Waals surface area contributed by atoms with Gasteiger partial charge in [0.05, 0.1) is 7.11 Å². The van der Waals surface area contributed by atoms with E-state index in [1.807, 2.05) is 18.2 Å². The summed E-state index contributed by atoms with van der Waals surface area (Å²) in [6, 6.07) is 13.4. The average molecular weight is 446 g/mol. The molecule has 1 N–H and O–H groups in total. The van der Waals surface area contributed by atoms with E-state index in [0.29, 0.717) is 31.5 Å². The zero-order chi connectivity index (χ0) is 22.6. The van der Waals surface area contributed by atoms with Crippen LogP contribution >= 0.6 is 0 Å². The van der Waals surface area contributed by atoms with Crippen LogP contribution in [0.1, 0.15) is 33.6 Å². The van der Waals surface area contributed by atoms with Crippen LogP contribution in [-0.2, 0) is 10.0 Å². The van der Waals surface area contributed by atoms with Crippen LogP contribution in [0.5, 0.6) is 5.75 Å². The van der Waals surface area contributed by atoms with Crippen molar-refractivity contribution in [1.82, 2.24) is 14.5 Å². The molecule has 3 rings (SSSR count). The largest absolute Gasteiger partial charge is 0.495 e. The molecule has 0 unspecified atom stereocenters. The molecule has 8 nitrogen and oxygen atoms in total. The molecule has 2 aromatic carbocycles. The van der Waals surface area contributed by atoms with Gasteiger partial charge in [-0.25, -0.2) is 12.7 Å². The van der Waals surface area contributed by atoms with Crippen LogP contribution in [-0.4, -0.2) is 69.8 Å². The van der Waals surface area contributed by atoms with Gasteiger partial charge in [0.1, 0.15) is 10.6 Å². The minimum atomic E-state index is -3.76. The standard InChI is InChI=1S/C22H27N3O5S/c1-24(2)31(28,29)20-15-17(9-10-19(20)30-3)22(27)25-13-11-18(12-14-25)23-21(26)16-7-5-4-6-8-16/h4-10,15,18H,11-14H2,1-3H3,(H,23,26). The molecule has 1 fully saturated rings. The fourth-order valence-electron chi connectivity index (χ4n) is 3.48. The van der Waals surface area contributed by atoms with Crippen molar-refractivity contribution in [2.45, 2.75) is 23.8 Å². The molecular weight excluding hydrogens is 418 g/mol. The molecule has 1 aliphatic heterocycles. The van der Waals surface area contributed by atoms with E-state index in [9.17, 15) is 18.0 Å². The predicted molar refractivity (Wildman–Crippen MR) is 117 cm³/mol. The molecule has 0 saturated carbocycles. The van der Waals surface area contributed by atoms with Crippen molar-refractivity contribution in [1.29, 1.82) is 0 Å². The Morgan fingerprint density at radius 3 is 2.26 bits per heavy atom. The lowest BCUT2D eigenvalue weighted by molar-refractivity contribution is 0.0698. The number of ether oxygens (including phenoxy) is 1. The zero-order valence-corrected chi connectivity index (χ0v) is 18.7. The maximum Gasteiger partial charge on any atom is 0.253 e. The third-order valence-corrected chi connectivity index (χ3v) is 7.16. The van der Waals surface area contributed by atoms with E-state index in [-0.39, 0.29) is 34.1 Å². The van der Waals surface area contributed by atoms with Gasteiger partial charge < -0.3 is 15.0 Å². The lowest BCUT2D eigenvalue weighted by Gasteiger charge is -2.32. The predicted octanol–water partition coefficient (Wildman–Crippen LogP) is 1.98. The molecular formula is C22H27N3O5S. The molecule has 9 heteroatoms. The monoisotopic (exact) mass is 445 g/mol. The zero-order valence-electron chi connectivity index (χ0n) is 17.9. The lowest BCUT2D eigenvalue weighted by atomic mass is 10.0. The van der Waals surface area contributed by atoms with E-state index >= 15 is 0 Å². The minimum absolute atomic E-state index is 0.0164. The van der Waals surface area contributed by atoms with Crippen LogP contribution in [0.3, 0.4) is 0 Å². The first-order valence-electron chi connectivity index (χ1n) is 10.00. The summed E-state index contributed by atoms with van der Waals surface area (Å²) in [6.45, 7) is 0.945. The van der Waals surface area contributed by atoms with Gasteiger partial charge in [-0.05, 0) is 43.2 Å². The van der Waals surface area contributed by atoms with E-state index < -0.39 is 10.0 Å². The number of methoxy groups -OCH3 is 1. The van der Waals surface area contributed by atoms with Crippen LogP contribution in [0, 0.1) is 0 Å². The number of hydrogen-bond acceptors (Lipinski definition) is 5.